The van der Waals surface area contributed by atoms with E-state index in [1.54, 1.807) is 6.07 Å². The Morgan fingerprint density at radius 3 is 1.55 bits per heavy atom. The van der Waals surface area contributed by atoms with E-state index in [1.807, 2.05) is 61.1 Å². The standard InChI is InChI=1S/C70H62N6O/c1-68(2,3)49-36-45(54-22-19-28-63-65(54)74-67(58-21-11-13-29-64(58)77)76(63)53-42-50(69(4,5)6)41-51(43-53)70(7,8)9)34-46(37-49)61-40-44(30-33-73-61)55-23-18-24-57-56-20-10-12-27-62(56)75(66(55)57)52-38-47(59-25-14-16-31-71-59)35-48(39-52)60-26-15-17-32-72-60/h10-43,77H,1-9H3. The second-order valence-electron chi connectivity index (χ2n) is 23.5. The second kappa shape index (κ2) is 18.7. The van der Waals surface area contributed by atoms with E-state index >= 15 is 0 Å². The van der Waals surface area contributed by atoms with Crippen molar-refractivity contribution in [3.8, 4) is 84.5 Å². The van der Waals surface area contributed by atoms with E-state index in [0.717, 1.165) is 94.9 Å². The highest BCUT2D eigenvalue weighted by Gasteiger charge is 2.27. The van der Waals surface area contributed by atoms with E-state index in [9.17, 15) is 5.11 Å². The molecule has 0 amide bonds. The number of aromatic nitrogens is 6. The Balaban J connectivity index is 1.05. The number of imidazole rings is 1. The Morgan fingerprint density at radius 2 is 0.883 bits per heavy atom. The summed E-state index contributed by atoms with van der Waals surface area (Å²) < 4.78 is 4.65. The highest BCUT2D eigenvalue weighted by molar-refractivity contribution is 6.14. The summed E-state index contributed by atoms with van der Waals surface area (Å²) in [6, 6.07) is 66.3. The SMILES string of the molecule is CC(C)(C)c1cc(-c2cc(-c3cccc4c5ccccc5n(-c5cc(-c6ccccn6)cc(-c6ccccn6)c5)c34)ccn2)cc(-c2cccc3c2nc(-c2ccccc2O)n3-c2cc(C(C)(C)C)cc(C(C)(C)C)c2)c1. The van der Waals surface area contributed by atoms with E-state index in [2.05, 4.69) is 211 Å². The summed E-state index contributed by atoms with van der Waals surface area (Å²) in [5, 5.41) is 13.8. The third kappa shape index (κ3) is 9.05. The molecule has 0 unspecified atom stereocenters. The first-order chi connectivity index (χ1) is 37.0. The van der Waals surface area contributed by atoms with Gasteiger partial charge >= 0.3 is 0 Å². The van der Waals surface area contributed by atoms with Crippen LogP contribution in [0.2, 0.25) is 0 Å². The van der Waals surface area contributed by atoms with Gasteiger partial charge in [0.1, 0.15) is 11.6 Å². The fourth-order valence-corrected chi connectivity index (χ4v) is 10.8. The van der Waals surface area contributed by atoms with Gasteiger partial charge in [0.2, 0.25) is 0 Å². The number of fused-ring (bicyclic) bond motifs is 4. The van der Waals surface area contributed by atoms with Crippen LogP contribution in [-0.2, 0) is 16.2 Å². The first kappa shape index (κ1) is 49.0. The zero-order chi connectivity index (χ0) is 53.4. The van der Waals surface area contributed by atoms with Crippen LogP contribution in [0.4, 0.5) is 0 Å². The third-order valence-corrected chi connectivity index (χ3v) is 15.0. The van der Waals surface area contributed by atoms with Gasteiger partial charge < -0.3 is 9.67 Å². The van der Waals surface area contributed by atoms with Gasteiger partial charge in [-0.15, -0.1) is 0 Å². The molecule has 1 N–H and O–H groups in total. The van der Waals surface area contributed by atoms with E-state index < -0.39 is 0 Å². The minimum absolute atomic E-state index is 0.108. The molecule has 0 saturated heterocycles. The van der Waals surface area contributed by atoms with Crippen LogP contribution in [0.15, 0.2) is 207 Å². The third-order valence-electron chi connectivity index (χ3n) is 15.0. The molecule has 0 aliphatic heterocycles. The molecule has 0 saturated carbocycles. The molecule has 0 fully saturated rings. The van der Waals surface area contributed by atoms with Gasteiger partial charge in [-0.3, -0.25) is 19.5 Å². The molecule has 12 aromatic rings. The Kier molecular flexibility index (Phi) is 11.9. The highest BCUT2D eigenvalue weighted by Crippen LogP contribution is 2.44. The fourth-order valence-electron chi connectivity index (χ4n) is 10.8. The topological polar surface area (TPSA) is 81.7 Å². The van der Waals surface area contributed by atoms with Crippen LogP contribution < -0.4 is 0 Å². The van der Waals surface area contributed by atoms with Crippen molar-refractivity contribution in [2.45, 2.75) is 78.6 Å². The van der Waals surface area contributed by atoms with Gasteiger partial charge in [-0.25, -0.2) is 4.98 Å². The number of benzene rings is 7. The zero-order valence-corrected chi connectivity index (χ0v) is 45.3. The molecule has 5 aromatic heterocycles. The molecule has 0 aliphatic carbocycles. The lowest BCUT2D eigenvalue weighted by molar-refractivity contribution is 0.477. The number of aromatic hydroxyl groups is 1. The maximum absolute atomic E-state index is 11.5. The van der Waals surface area contributed by atoms with Gasteiger partial charge in [-0.2, -0.15) is 0 Å². The minimum Gasteiger partial charge on any atom is -0.507 e. The Labute approximate surface area is 451 Å². The van der Waals surface area contributed by atoms with E-state index in [4.69, 9.17) is 19.9 Å². The van der Waals surface area contributed by atoms with Crippen molar-refractivity contribution in [1.29, 1.82) is 0 Å². The molecule has 0 atom stereocenters. The van der Waals surface area contributed by atoms with Crippen molar-refractivity contribution < 1.29 is 5.11 Å². The molecule has 7 nitrogen and oxygen atoms in total. The molecule has 0 radical (unpaired) electrons. The van der Waals surface area contributed by atoms with Crippen molar-refractivity contribution in [3.63, 3.8) is 0 Å². The van der Waals surface area contributed by atoms with Gasteiger partial charge in [-0.05, 0) is 147 Å². The molecule has 0 aliphatic rings. The molecule has 0 spiro atoms. The van der Waals surface area contributed by atoms with Crippen LogP contribution in [0.5, 0.6) is 5.75 Å². The quantitative estimate of drug-likeness (QED) is 0.164. The molecule has 378 valence electrons. The van der Waals surface area contributed by atoms with Crippen molar-refractivity contribution >= 4 is 32.8 Å². The Morgan fingerprint density at radius 1 is 0.364 bits per heavy atom. The average molecular weight is 1000 g/mol. The predicted octanol–water partition coefficient (Wildman–Crippen LogP) is 17.9. The number of phenolic OH excluding ortho intramolecular Hbond substituents is 1. The maximum atomic E-state index is 11.5. The van der Waals surface area contributed by atoms with Crippen molar-refractivity contribution in [3.05, 3.63) is 223 Å². The van der Waals surface area contributed by atoms with Crippen LogP contribution >= 0.6 is 0 Å². The predicted molar refractivity (Wildman–Crippen MR) is 319 cm³/mol. The number of hydrogen-bond donors (Lipinski definition) is 1. The summed E-state index contributed by atoms with van der Waals surface area (Å²) in [5.41, 5.74) is 19.8. The smallest absolute Gasteiger partial charge is 0.149 e. The molecule has 7 aromatic carbocycles. The molecule has 12 rings (SSSR count). The van der Waals surface area contributed by atoms with Crippen LogP contribution in [0.3, 0.4) is 0 Å². The number of pyridine rings is 3. The lowest BCUT2D eigenvalue weighted by atomic mass is 9.80. The minimum atomic E-state index is -0.197. The van der Waals surface area contributed by atoms with Gasteiger partial charge in [-0.1, -0.05) is 147 Å². The molecular formula is C70H62N6O. The van der Waals surface area contributed by atoms with Gasteiger partial charge in [0.05, 0.1) is 44.7 Å². The number of para-hydroxylation sites is 4. The zero-order valence-electron chi connectivity index (χ0n) is 45.3. The van der Waals surface area contributed by atoms with Crippen molar-refractivity contribution in [2.24, 2.45) is 0 Å². The molecule has 77 heavy (non-hydrogen) atoms. The highest BCUT2D eigenvalue weighted by atomic mass is 16.3. The summed E-state index contributed by atoms with van der Waals surface area (Å²) in [4.78, 5) is 20.3. The van der Waals surface area contributed by atoms with Crippen LogP contribution in [-0.4, -0.2) is 34.2 Å². The van der Waals surface area contributed by atoms with E-state index in [1.165, 1.54) is 22.1 Å². The first-order valence-electron chi connectivity index (χ1n) is 26.6. The Hall–Kier alpha value is -8.94. The van der Waals surface area contributed by atoms with Gasteiger partial charge in [0, 0.05) is 68.6 Å². The summed E-state index contributed by atoms with van der Waals surface area (Å²) >= 11 is 0. The lowest BCUT2D eigenvalue weighted by Crippen LogP contribution is -2.17. The van der Waals surface area contributed by atoms with Crippen LogP contribution in [0.25, 0.3) is 112 Å². The molecule has 0 bridgehead atoms. The lowest BCUT2D eigenvalue weighted by Gasteiger charge is -2.27. The monoisotopic (exact) mass is 1000 g/mol. The normalized spacial score (nSPS) is 12.3. The first-order valence-corrected chi connectivity index (χ1v) is 26.6. The molecule has 5 heterocycles. The number of nitrogens with zero attached hydrogens (tertiary/aromatic N) is 6. The van der Waals surface area contributed by atoms with Crippen molar-refractivity contribution in [2.75, 3.05) is 0 Å². The number of hydrogen-bond acceptors (Lipinski definition) is 5. The fraction of sp³-hybridized carbons (Fsp3) is 0.171. The summed E-state index contributed by atoms with van der Waals surface area (Å²) in [6.07, 6.45) is 5.64. The van der Waals surface area contributed by atoms with Gasteiger partial charge in [0.25, 0.3) is 0 Å². The Bertz CT molecular complexity index is 4130. The summed E-state index contributed by atoms with van der Waals surface area (Å²) in [7, 11) is 0. The average Bonchev–Trinajstić information content (AvgIpc) is 4.24. The number of rotatable bonds is 8. The second-order valence-corrected chi connectivity index (χ2v) is 23.5. The van der Waals surface area contributed by atoms with Gasteiger partial charge in [0.15, 0.2) is 0 Å². The van der Waals surface area contributed by atoms with E-state index in [-0.39, 0.29) is 22.0 Å². The molecule has 7 heteroatoms. The largest absolute Gasteiger partial charge is 0.507 e. The van der Waals surface area contributed by atoms with Crippen molar-refractivity contribution in [1.82, 2.24) is 29.1 Å². The molecular weight excluding hydrogens is 941 g/mol. The summed E-state index contributed by atoms with van der Waals surface area (Å²) in [5.74, 6) is 0.862. The van der Waals surface area contributed by atoms with Crippen LogP contribution in [0.1, 0.15) is 79.0 Å². The van der Waals surface area contributed by atoms with E-state index in [0.29, 0.717) is 11.4 Å². The maximum Gasteiger partial charge on any atom is 0.149 e. The van der Waals surface area contributed by atoms with Crippen LogP contribution in [0, 0.1) is 0 Å². The summed E-state index contributed by atoms with van der Waals surface area (Å²) in [6.45, 7) is 20.4. The number of phenols is 1.